The van der Waals surface area contributed by atoms with Crippen LogP contribution in [0.3, 0.4) is 0 Å². The number of aliphatic hydroxyl groups excluding tert-OH is 2. The Balaban J connectivity index is 2.16. The minimum Gasteiger partial charge on any atom is -0.394 e. The summed E-state index contributed by atoms with van der Waals surface area (Å²) in [7, 11) is 0. The molecule has 0 spiro atoms. The summed E-state index contributed by atoms with van der Waals surface area (Å²) >= 11 is 0. The third kappa shape index (κ3) is 3.60. The van der Waals surface area contributed by atoms with Crippen LogP contribution in [0.25, 0.3) is 10.9 Å². The number of nitrogens with one attached hydrogen (secondary N) is 1. The zero-order valence-corrected chi connectivity index (χ0v) is 12.2. The van der Waals surface area contributed by atoms with Gasteiger partial charge in [0.2, 0.25) is 0 Å². The zero-order chi connectivity index (χ0) is 14.5. The third-order valence-corrected chi connectivity index (χ3v) is 3.39. The Hall–Kier alpha value is -1.36. The Labute approximate surface area is 120 Å². The molecule has 4 nitrogen and oxygen atoms in total. The van der Waals surface area contributed by atoms with Gasteiger partial charge >= 0.3 is 0 Å². The summed E-state index contributed by atoms with van der Waals surface area (Å²) in [4.78, 5) is 0. The topological polar surface area (TPSA) is 57.4 Å². The van der Waals surface area contributed by atoms with Gasteiger partial charge in [-0.2, -0.15) is 0 Å². The van der Waals surface area contributed by atoms with Gasteiger partial charge in [-0.05, 0) is 30.2 Å². The van der Waals surface area contributed by atoms with Crippen molar-refractivity contribution in [3.8, 4) is 0 Å². The van der Waals surface area contributed by atoms with Crippen LogP contribution in [0.5, 0.6) is 0 Å². The number of hydrogen-bond donors (Lipinski definition) is 3. The van der Waals surface area contributed by atoms with Gasteiger partial charge in [-0.1, -0.05) is 26.0 Å². The number of rotatable bonds is 7. The molecule has 1 heterocycles. The molecule has 1 aromatic heterocycles. The van der Waals surface area contributed by atoms with E-state index in [-0.39, 0.29) is 6.61 Å². The molecule has 110 valence electrons. The van der Waals surface area contributed by atoms with Crippen molar-refractivity contribution in [2.75, 3.05) is 13.2 Å². The number of aromatic nitrogens is 1. The van der Waals surface area contributed by atoms with E-state index in [9.17, 15) is 5.11 Å². The summed E-state index contributed by atoms with van der Waals surface area (Å²) in [6, 6.07) is 8.29. The molecule has 0 aliphatic carbocycles. The number of aliphatic hydroxyl groups is 2. The fourth-order valence-electron chi connectivity index (χ4n) is 2.38. The lowest BCUT2D eigenvalue weighted by molar-refractivity contribution is 0.0822. The van der Waals surface area contributed by atoms with Crippen LogP contribution in [0, 0.1) is 5.92 Å². The predicted octanol–water partition coefficient (Wildman–Crippen LogP) is 1.74. The maximum absolute atomic E-state index is 9.58. The maximum Gasteiger partial charge on any atom is 0.0949 e. The Morgan fingerprint density at radius 2 is 2.05 bits per heavy atom. The lowest BCUT2D eigenvalue weighted by Gasteiger charge is -2.11. The monoisotopic (exact) mass is 276 g/mol. The number of hydrogen-bond acceptors (Lipinski definition) is 3. The first-order valence-corrected chi connectivity index (χ1v) is 7.18. The van der Waals surface area contributed by atoms with Gasteiger partial charge in [-0.25, -0.2) is 0 Å². The Kier molecular flexibility index (Phi) is 5.17. The van der Waals surface area contributed by atoms with Crippen LogP contribution in [-0.2, 0) is 13.1 Å². The van der Waals surface area contributed by atoms with E-state index in [4.69, 9.17) is 5.11 Å². The molecule has 0 bridgehead atoms. The second kappa shape index (κ2) is 6.88. The second-order valence-electron chi connectivity index (χ2n) is 5.68. The van der Waals surface area contributed by atoms with E-state index in [1.807, 2.05) is 22.9 Å². The summed E-state index contributed by atoms with van der Waals surface area (Å²) in [6.07, 6.45) is 1.25. The van der Waals surface area contributed by atoms with E-state index in [1.165, 1.54) is 10.9 Å². The molecule has 0 aliphatic rings. The molecule has 4 heteroatoms. The fourth-order valence-corrected chi connectivity index (χ4v) is 2.38. The van der Waals surface area contributed by atoms with Gasteiger partial charge in [-0.15, -0.1) is 0 Å². The Morgan fingerprint density at radius 1 is 1.25 bits per heavy atom. The number of nitrogens with zero attached hydrogens (tertiary/aromatic N) is 1. The first-order chi connectivity index (χ1) is 9.61. The van der Waals surface area contributed by atoms with E-state index < -0.39 is 6.10 Å². The van der Waals surface area contributed by atoms with E-state index in [0.717, 1.165) is 18.6 Å². The average Bonchev–Trinajstić information content (AvgIpc) is 2.82. The van der Waals surface area contributed by atoms with E-state index in [1.54, 1.807) is 0 Å². The standard InChI is InChI=1S/C16H24N2O2/c1-12(2)8-17-9-13-4-3-5-16-15(13)6-7-18(16)10-14(20)11-19/h3-7,12,14,17,19-20H,8-11H2,1-2H3. The van der Waals surface area contributed by atoms with Crippen LogP contribution < -0.4 is 5.32 Å². The minimum absolute atomic E-state index is 0.213. The highest BCUT2D eigenvalue weighted by Crippen LogP contribution is 2.20. The quantitative estimate of drug-likeness (QED) is 0.722. The van der Waals surface area contributed by atoms with Gasteiger partial charge in [0.1, 0.15) is 0 Å². The summed E-state index contributed by atoms with van der Waals surface area (Å²) in [5.74, 6) is 0.638. The largest absolute Gasteiger partial charge is 0.394 e. The Bertz CT molecular complexity index is 548. The third-order valence-electron chi connectivity index (χ3n) is 3.39. The average molecular weight is 276 g/mol. The molecule has 0 saturated carbocycles. The smallest absolute Gasteiger partial charge is 0.0949 e. The highest BCUT2D eigenvalue weighted by atomic mass is 16.3. The van der Waals surface area contributed by atoms with Gasteiger partial charge < -0.3 is 20.1 Å². The van der Waals surface area contributed by atoms with E-state index >= 15 is 0 Å². The SMILES string of the molecule is CC(C)CNCc1cccc2c1ccn2CC(O)CO. The van der Waals surface area contributed by atoms with Crippen molar-refractivity contribution in [1.82, 2.24) is 9.88 Å². The van der Waals surface area contributed by atoms with Crippen LogP contribution in [0.2, 0.25) is 0 Å². The molecule has 1 atom stereocenters. The minimum atomic E-state index is -0.715. The van der Waals surface area contributed by atoms with Crippen molar-refractivity contribution < 1.29 is 10.2 Å². The molecule has 1 aromatic carbocycles. The highest BCUT2D eigenvalue weighted by molar-refractivity contribution is 5.83. The molecule has 0 fully saturated rings. The van der Waals surface area contributed by atoms with Crippen molar-refractivity contribution in [2.45, 2.75) is 33.0 Å². The lowest BCUT2D eigenvalue weighted by Crippen LogP contribution is -2.19. The van der Waals surface area contributed by atoms with Crippen molar-refractivity contribution in [1.29, 1.82) is 0 Å². The van der Waals surface area contributed by atoms with Gasteiger partial charge in [0.25, 0.3) is 0 Å². The van der Waals surface area contributed by atoms with Crippen LogP contribution in [0.4, 0.5) is 0 Å². The molecule has 0 aliphatic heterocycles. The van der Waals surface area contributed by atoms with Gasteiger partial charge in [0.05, 0.1) is 19.3 Å². The molecule has 0 saturated heterocycles. The molecule has 20 heavy (non-hydrogen) atoms. The van der Waals surface area contributed by atoms with Gasteiger partial charge in [-0.3, -0.25) is 0 Å². The molecular formula is C16H24N2O2. The molecule has 0 radical (unpaired) electrons. The van der Waals surface area contributed by atoms with Crippen molar-refractivity contribution in [2.24, 2.45) is 5.92 Å². The maximum atomic E-state index is 9.58. The predicted molar refractivity (Wildman–Crippen MR) is 81.6 cm³/mol. The lowest BCUT2D eigenvalue weighted by atomic mass is 10.1. The molecule has 2 aromatic rings. The van der Waals surface area contributed by atoms with Gasteiger partial charge in [0.15, 0.2) is 0 Å². The first kappa shape index (κ1) is 15.0. The van der Waals surface area contributed by atoms with Crippen molar-refractivity contribution in [3.05, 3.63) is 36.0 Å². The molecule has 0 amide bonds. The van der Waals surface area contributed by atoms with Crippen LogP contribution in [0.15, 0.2) is 30.5 Å². The van der Waals surface area contributed by atoms with E-state index in [0.29, 0.717) is 12.5 Å². The summed E-state index contributed by atoms with van der Waals surface area (Å²) < 4.78 is 1.99. The van der Waals surface area contributed by atoms with Gasteiger partial charge in [0, 0.05) is 23.6 Å². The normalized spacial score (nSPS) is 13.2. The molecular weight excluding hydrogens is 252 g/mol. The summed E-state index contributed by atoms with van der Waals surface area (Å²) in [6.45, 7) is 6.45. The van der Waals surface area contributed by atoms with E-state index in [2.05, 4.69) is 31.3 Å². The number of fused-ring (bicyclic) bond motifs is 1. The molecule has 2 rings (SSSR count). The Morgan fingerprint density at radius 3 is 2.75 bits per heavy atom. The van der Waals surface area contributed by atoms with Crippen LogP contribution in [-0.4, -0.2) is 34.0 Å². The van der Waals surface area contributed by atoms with Crippen LogP contribution in [0.1, 0.15) is 19.4 Å². The highest BCUT2D eigenvalue weighted by Gasteiger charge is 2.08. The summed E-state index contributed by atoms with van der Waals surface area (Å²) in [5, 5.41) is 23.2. The summed E-state index contributed by atoms with van der Waals surface area (Å²) in [5.41, 5.74) is 2.36. The van der Waals surface area contributed by atoms with Crippen molar-refractivity contribution in [3.63, 3.8) is 0 Å². The number of benzene rings is 1. The van der Waals surface area contributed by atoms with Crippen molar-refractivity contribution >= 4 is 10.9 Å². The molecule has 1 unspecified atom stereocenters. The van der Waals surface area contributed by atoms with Crippen LogP contribution >= 0.6 is 0 Å². The molecule has 3 N–H and O–H groups in total. The first-order valence-electron chi connectivity index (χ1n) is 7.18. The second-order valence-corrected chi connectivity index (χ2v) is 5.68. The fraction of sp³-hybridized carbons (Fsp3) is 0.500. The zero-order valence-electron chi connectivity index (χ0n) is 12.2.